The summed E-state index contributed by atoms with van der Waals surface area (Å²) < 4.78 is 0. The molecule has 1 atom stereocenters. The van der Waals surface area contributed by atoms with E-state index in [0.29, 0.717) is 22.0 Å². The third-order valence-electron chi connectivity index (χ3n) is 3.72. The number of carbonyl (C=O) groups excluding carboxylic acids is 1. The minimum absolute atomic E-state index is 0.566. The van der Waals surface area contributed by atoms with Crippen molar-refractivity contribution in [3.05, 3.63) is 69.2 Å². The molecule has 2 aromatic rings. The van der Waals surface area contributed by atoms with E-state index < -0.39 is 5.60 Å². The summed E-state index contributed by atoms with van der Waals surface area (Å²) in [4.78, 5) is 16.4. The third kappa shape index (κ3) is 2.87. The monoisotopic (exact) mass is 333 g/mol. The molecule has 112 valence electrons. The van der Waals surface area contributed by atoms with E-state index in [1.54, 1.807) is 18.2 Å². The van der Waals surface area contributed by atoms with Gasteiger partial charge >= 0.3 is 0 Å². The minimum Gasteiger partial charge on any atom is -0.384 e. The first-order valence-corrected chi connectivity index (χ1v) is 7.53. The lowest BCUT2D eigenvalue weighted by molar-refractivity contribution is -0.00737. The van der Waals surface area contributed by atoms with Crippen molar-refractivity contribution in [2.45, 2.75) is 18.9 Å². The summed E-state index contributed by atoms with van der Waals surface area (Å²) in [5, 5.41) is 5.32. The fraction of sp³-hybridized carbons (Fsp3) is 0.176. The molecule has 5 heteroatoms. The van der Waals surface area contributed by atoms with Crippen LogP contribution in [0.3, 0.4) is 0 Å². The summed E-state index contributed by atoms with van der Waals surface area (Å²) in [7, 11) is 0. The molecule has 3 rings (SSSR count). The zero-order valence-corrected chi connectivity index (χ0v) is 13.4. The Balaban J connectivity index is 1.86. The van der Waals surface area contributed by atoms with Crippen LogP contribution in [0.1, 0.15) is 34.8 Å². The van der Waals surface area contributed by atoms with E-state index >= 15 is 0 Å². The number of oxime groups is 1. The maximum atomic E-state index is 10.7. The molecule has 0 aliphatic carbocycles. The van der Waals surface area contributed by atoms with E-state index in [1.807, 2.05) is 31.2 Å². The fourth-order valence-corrected chi connectivity index (χ4v) is 2.99. The fourth-order valence-electron chi connectivity index (χ4n) is 2.46. The van der Waals surface area contributed by atoms with Gasteiger partial charge < -0.3 is 4.84 Å². The van der Waals surface area contributed by atoms with Crippen LogP contribution in [0.15, 0.2) is 47.6 Å². The van der Waals surface area contributed by atoms with Crippen molar-refractivity contribution >= 4 is 35.2 Å². The Kier molecular flexibility index (Phi) is 3.94. The van der Waals surface area contributed by atoms with Gasteiger partial charge in [-0.05, 0) is 30.7 Å². The second-order valence-electron chi connectivity index (χ2n) is 5.43. The van der Waals surface area contributed by atoms with Crippen molar-refractivity contribution in [1.82, 2.24) is 0 Å². The Hall–Kier alpha value is -1.84. The molecular formula is C17H13Cl2NO2. The van der Waals surface area contributed by atoms with Gasteiger partial charge in [-0.2, -0.15) is 0 Å². The molecule has 1 aliphatic heterocycles. The van der Waals surface area contributed by atoms with Crippen LogP contribution in [0.5, 0.6) is 0 Å². The summed E-state index contributed by atoms with van der Waals surface area (Å²) >= 11 is 12.1. The quantitative estimate of drug-likeness (QED) is 0.753. The van der Waals surface area contributed by atoms with Gasteiger partial charge in [-0.15, -0.1) is 0 Å². The van der Waals surface area contributed by atoms with Gasteiger partial charge in [0, 0.05) is 27.6 Å². The third-order valence-corrected chi connectivity index (χ3v) is 4.15. The average molecular weight is 334 g/mol. The highest BCUT2D eigenvalue weighted by atomic mass is 35.5. The van der Waals surface area contributed by atoms with E-state index in [1.165, 1.54) is 0 Å². The molecule has 1 heterocycles. The summed E-state index contributed by atoms with van der Waals surface area (Å²) in [5.74, 6) is 0. The van der Waals surface area contributed by atoms with E-state index in [4.69, 9.17) is 28.0 Å². The maximum absolute atomic E-state index is 10.7. The summed E-state index contributed by atoms with van der Waals surface area (Å²) in [6, 6.07) is 12.6. The molecule has 1 unspecified atom stereocenters. The molecule has 0 fully saturated rings. The van der Waals surface area contributed by atoms with Gasteiger partial charge in [0.15, 0.2) is 5.60 Å². The van der Waals surface area contributed by atoms with Crippen molar-refractivity contribution in [3.63, 3.8) is 0 Å². The van der Waals surface area contributed by atoms with Crippen LogP contribution in [0.2, 0.25) is 10.0 Å². The molecule has 0 bridgehead atoms. The highest BCUT2D eigenvalue weighted by Crippen LogP contribution is 2.38. The van der Waals surface area contributed by atoms with Gasteiger partial charge in [-0.25, -0.2) is 0 Å². The smallest absolute Gasteiger partial charge is 0.165 e. The number of hydrogen-bond donors (Lipinski definition) is 0. The second-order valence-corrected chi connectivity index (χ2v) is 6.31. The second kappa shape index (κ2) is 5.75. The lowest BCUT2D eigenvalue weighted by Crippen LogP contribution is -2.22. The van der Waals surface area contributed by atoms with Crippen LogP contribution in [-0.2, 0) is 10.4 Å². The first kappa shape index (κ1) is 15.1. The van der Waals surface area contributed by atoms with Crippen molar-refractivity contribution in [1.29, 1.82) is 0 Å². The molecule has 0 saturated carbocycles. The standard InChI is InChI=1S/C17H13Cl2NO2/c1-17(13-6-14(18)8-15(19)7-13)9-16(20-22-17)12-4-2-11(10-21)3-5-12/h2-8,10H,9H2,1H3. The first-order chi connectivity index (χ1) is 10.5. The Morgan fingerprint density at radius 1 is 1.14 bits per heavy atom. The summed E-state index contributed by atoms with van der Waals surface area (Å²) in [6.45, 7) is 1.95. The zero-order valence-electron chi connectivity index (χ0n) is 11.8. The Bertz CT molecular complexity index is 736. The minimum atomic E-state index is -0.604. The molecular weight excluding hydrogens is 321 g/mol. The number of hydrogen-bond acceptors (Lipinski definition) is 3. The molecule has 22 heavy (non-hydrogen) atoms. The number of rotatable bonds is 3. The lowest BCUT2D eigenvalue weighted by atomic mass is 9.89. The molecule has 2 aromatic carbocycles. The number of aldehydes is 1. The first-order valence-electron chi connectivity index (χ1n) is 6.77. The van der Waals surface area contributed by atoms with Gasteiger partial charge in [0.05, 0.1) is 5.71 Å². The van der Waals surface area contributed by atoms with Crippen molar-refractivity contribution in [2.24, 2.45) is 5.16 Å². The molecule has 0 N–H and O–H groups in total. The van der Waals surface area contributed by atoms with E-state index in [2.05, 4.69) is 5.16 Å². The van der Waals surface area contributed by atoms with Gasteiger partial charge in [-0.1, -0.05) is 52.6 Å². The molecule has 3 nitrogen and oxygen atoms in total. The van der Waals surface area contributed by atoms with Gasteiger partial charge in [0.1, 0.15) is 6.29 Å². The Morgan fingerprint density at radius 3 is 2.36 bits per heavy atom. The van der Waals surface area contributed by atoms with Crippen molar-refractivity contribution in [2.75, 3.05) is 0 Å². The predicted octanol–water partition coefficient (Wildman–Crippen LogP) is 4.85. The predicted molar refractivity (Wildman–Crippen MR) is 87.9 cm³/mol. The zero-order chi connectivity index (χ0) is 15.7. The van der Waals surface area contributed by atoms with Gasteiger partial charge in [0.25, 0.3) is 0 Å². The molecule has 0 amide bonds. The highest BCUT2D eigenvalue weighted by Gasteiger charge is 2.37. The van der Waals surface area contributed by atoms with Crippen LogP contribution in [0.4, 0.5) is 0 Å². The lowest BCUT2D eigenvalue weighted by Gasteiger charge is -2.22. The molecule has 0 spiro atoms. The van der Waals surface area contributed by atoms with E-state index in [-0.39, 0.29) is 0 Å². The Morgan fingerprint density at radius 2 is 1.77 bits per heavy atom. The molecule has 0 saturated heterocycles. The normalized spacial score (nSPS) is 20.4. The van der Waals surface area contributed by atoms with E-state index in [0.717, 1.165) is 23.1 Å². The molecule has 0 radical (unpaired) electrons. The molecule has 0 aromatic heterocycles. The van der Waals surface area contributed by atoms with Crippen LogP contribution < -0.4 is 0 Å². The van der Waals surface area contributed by atoms with Crippen LogP contribution >= 0.6 is 23.2 Å². The largest absolute Gasteiger partial charge is 0.384 e. The molecule has 1 aliphatic rings. The van der Waals surface area contributed by atoms with Crippen LogP contribution in [0.25, 0.3) is 0 Å². The average Bonchev–Trinajstić information content (AvgIpc) is 2.90. The Labute approximate surface area is 138 Å². The SMILES string of the molecule is CC1(c2cc(Cl)cc(Cl)c2)CC(c2ccc(C=O)cc2)=NO1. The maximum Gasteiger partial charge on any atom is 0.165 e. The topological polar surface area (TPSA) is 38.7 Å². The van der Waals surface area contributed by atoms with Crippen LogP contribution in [0, 0.1) is 0 Å². The van der Waals surface area contributed by atoms with E-state index in [9.17, 15) is 4.79 Å². The highest BCUT2D eigenvalue weighted by molar-refractivity contribution is 6.34. The number of nitrogens with zero attached hydrogens (tertiary/aromatic N) is 1. The number of carbonyl (C=O) groups is 1. The summed E-state index contributed by atoms with van der Waals surface area (Å²) in [5.41, 5.74) is 2.67. The number of halogens is 2. The number of benzene rings is 2. The van der Waals surface area contributed by atoms with Crippen LogP contribution in [-0.4, -0.2) is 12.0 Å². The van der Waals surface area contributed by atoms with Crippen molar-refractivity contribution < 1.29 is 9.63 Å². The van der Waals surface area contributed by atoms with Gasteiger partial charge in [-0.3, -0.25) is 4.79 Å². The summed E-state index contributed by atoms with van der Waals surface area (Å²) in [6.07, 6.45) is 1.42. The van der Waals surface area contributed by atoms with Gasteiger partial charge in [0.2, 0.25) is 0 Å². The van der Waals surface area contributed by atoms with Crippen molar-refractivity contribution in [3.8, 4) is 0 Å².